The van der Waals surface area contributed by atoms with Crippen molar-refractivity contribution in [3.63, 3.8) is 0 Å². The van der Waals surface area contributed by atoms with Gasteiger partial charge in [0.2, 0.25) is 0 Å². The average Bonchev–Trinajstić information content (AvgIpc) is 3.51. The van der Waals surface area contributed by atoms with Gasteiger partial charge in [0.1, 0.15) is 29.5 Å². The molecular formula is C32H38O8. The lowest BCUT2D eigenvalue weighted by Crippen LogP contribution is -2.56. The normalized spacial score (nSPS) is 40.3. The van der Waals surface area contributed by atoms with Crippen molar-refractivity contribution in [2.45, 2.75) is 90.3 Å². The number of carbonyl (C=O) groups is 4. The zero-order chi connectivity index (χ0) is 28.2. The highest BCUT2D eigenvalue weighted by Gasteiger charge is 2.71. The van der Waals surface area contributed by atoms with Crippen LogP contribution in [0.4, 0.5) is 0 Å². The number of Topliss-reactive ketones (excluding diaryl/α,β-unsaturated/α-hetero) is 1. The first kappa shape index (κ1) is 26.0. The lowest BCUT2D eigenvalue weighted by Gasteiger charge is -2.54. The van der Waals surface area contributed by atoms with E-state index < -0.39 is 41.4 Å². The second-order valence-electron chi connectivity index (χ2n) is 14.1. The molecule has 0 radical (unpaired) electrons. The van der Waals surface area contributed by atoms with Crippen LogP contribution in [0.5, 0.6) is 11.5 Å². The second kappa shape index (κ2) is 8.80. The minimum Gasteiger partial charge on any atom is -0.507 e. The topological polar surface area (TPSA) is 116 Å². The summed E-state index contributed by atoms with van der Waals surface area (Å²) in [7, 11) is 0. The Balaban J connectivity index is 1.13. The first-order valence-electron chi connectivity index (χ1n) is 15.0. The minimum atomic E-state index is -0.759. The molecule has 8 atom stereocenters. The van der Waals surface area contributed by atoms with E-state index in [0.717, 1.165) is 19.3 Å². The molecule has 8 unspecified atom stereocenters. The highest BCUT2D eigenvalue weighted by atomic mass is 16.6. The van der Waals surface area contributed by atoms with Crippen LogP contribution < -0.4 is 4.74 Å². The number of rotatable bonds is 6. The molecule has 7 aliphatic rings. The lowest BCUT2D eigenvalue weighted by molar-refractivity contribution is -0.188. The Morgan fingerprint density at radius 2 is 1.57 bits per heavy atom. The van der Waals surface area contributed by atoms with E-state index in [2.05, 4.69) is 0 Å². The number of hydrogen-bond donors (Lipinski definition) is 1. The van der Waals surface area contributed by atoms with Crippen molar-refractivity contribution in [2.24, 2.45) is 46.8 Å². The Bertz CT molecular complexity index is 1260. The summed E-state index contributed by atoms with van der Waals surface area (Å²) in [6.07, 6.45) is 2.97. The third-order valence-electron chi connectivity index (χ3n) is 11.1. The Kier molecular flexibility index (Phi) is 5.72. The van der Waals surface area contributed by atoms with E-state index in [4.69, 9.17) is 14.2 Å². The summed E-state index contributed by atoms with van der Waals surface area (Å²) in [6.45, 7) is 7.87. The number of carbonyl (C=O) groups excluding carboxylic acids is 4. The summed E-state index contributed by atoms with van der Waals surface area (Å²) in [4.78, 5) is 53.1. The number of phenols is 1. The largest absolute Gasteiger partial charge is 0.507 e. The van der Waals surface area contributed by atoms with Gasteiger partial charge in [-0.05, 0) is 68.4 Å². The molecule has 1 saturated heterocycles. The fourth-order valence-corrected chi connectivity index (χ4v) is 9.49. The van der Waals surface area contributed by atoms with Crippen molar-refractivity contribution < 1.29 is 38.5 Å². The summed E-state index contributed by atoms with van der Waals surface area (Å²) in [5.74, 6) is -1.93. The Morgan fingerprint density at radius 3 is 2.17 bits per heavy atom. The van der Waals surface area contributed by atoms with E-state index in [1.54, 1.807) is 12.1 Å². The third-order valence-corrected chi connectivity index (χ3v) is 11.1. The van der Waals surface area contributed by atoms with E-state index >= 15 is 0 Å². The van der Waals surface area contributed by atoms with E-state index in [9.17, 15) is 24.3 Å². The molecule has 1 N–H and O–H groups in total. The highest BCUT2D eigenvalue weighted by Crippen LogP contribution is 2.62. The first-order chi connectivity index (χ1) is 19.0. The van der Waals surface area contributed by atoms with Crippen molar-refractivity contribution in [2.75, 3.05) is 0 Å². The molecule has 0 spiro atoms. The number of fused-ring (bicyclic) bond motifs is 1. The van der Waals surface area contributed by atoms with Gasteiger partial charge in [-0.1, -0.05) is 27.7 Å². The van der Waals surface area contributed by atoms with Gasteiger partial charge in [0.25, 0.3) is 0 Å². The predicted octanol–water partition coefficient (Wildman–Crippen LogP) is 4.66. The Hall–Kier alpha value is -2.90. The highest BCUT2D eigenvalue weighted by molar-refractivity contribution is 5.90. The van der Waals surface area contributed by atoms with Crippen molar-refractivity contribution in [3.8, 4) is 11.5 Å². The molecule has 0 aromatic heterocycles. The molecule has 8 heteroatoms. The number of esters is 3. The van der Waals surface area contributed by atoms with E-state index in [-0.39, 0.29) is 47.2 Å². The van der Waals surface area contributed by atoms with Crippen LogP contribution in [0, 0.1) is 46.8 Å². The molecule has 6 aliphatic carbocycles. The van der Waals surface area contributed by atoms with E-state index in [0.29, 0.717) is 47.8 Å². The molecule has 40 heavy (non-hydrogen) atoms. The molecule has 1 aromatic rings. The predicted molar refractivity (Wildman–Crippen MR) is 141 cm³/mol. The molecular weight excluding hydrogens is 512 g/mol. The van der Waals surface area contributed by atoms with E-state index in [1.807, 2.05) is 27.7 Å². The fourth-order valence-electron chi connectivity index (χ4n) is 9.49. The SMILES string of the molecule is CC(C)c1cc(OC(=O)C2C3CC4C(OC(=O)C42)C3OC(=O)C23CC4CC(C2)C(=O)C(C4)C3)cc(C(C)C)c1O. The summed E-state index contributed by atoms with van der Waals surface area (Å²) >= 11 is 0. The number of aromatic hydroxyl groups is 1. The fraction of sp³-hybridized carbons (Fsp3) is 0.688. The number of ether oxygens (including phenoxy) is 3. The van der Waals surface area contributed by atoms with Crippen molar-refractivity contribution in [1.82, 2.24) is 0 Å². The van der Waals surface area contributed by atoms with Gasteiger partial charge in [-0.3, -0.25) is 19.2 Å². The molecule has 214 valence electrons. The van der Waals surface area contributed by atoms with Gasteiger partial charge in [0.05, 0.1) is 17.3 Å². The van der Waals surface area contributed by atoms with Crippen molar-refractivity contribution in [3.05, 3.63) is 23.3 Å². The van der Waals surface area contributed by atoms with Gasteiger partial charge >= 0.3 is 17.9 Å². The van der Waals surface area contributed by atoms with Gasteiger partial charge in [0.15, 0.2) is 0 Å². The number of phenolic OH excluding ortho intramolecular Hbond substituents is 1. The number of ketones is 1. The van der Waals surface area contributed by atoms with Crippen LogP contribution in [0.3, 0.4) is 0 Å². The molecule has 6 saturated carbocycles. The third kappa shape index (κ3) is 3.63. The van der Waals surface area contributed by atoms with Crippen LogP contribution in [-0.4, -0.2) is 41.0 Å². The second-order valence-corrected chi connectivity index (χ2v) is 14.1. The van der Waals surface area contributed by atoms with Crippen molar-refractivity contribution >= 4 is 23.7 Å². The number of benzene rings is 1. The first-order valence-corrected chi connectivity index (χ1v) is 15.0. The van der Waals surface area contributed by atoms with Crippen LogP contribution in [0.1, 0.15) is 89.2 Å². The molecule has 0 amide bonds. The van der Waals surface area contributed by atoms with Crippen LogP contribution in [0.2, 0.25) is 0 Å². The average molecular weight is 551 g/mol. The molecule has 8 nitrogen and oxygen atoms in total. The van der Waals surface area contributed by atoms with Crippen LogP contribution in [0.25, 0.3) is 0 Å². The van der Waals surface area contributed by atoms with Crippen LogP contribution >= 0.6 is 0 Å². The van der Waals surface area contributed by atoms with Gasteiger partial charge in [-0.25, -0.2) is 0 Å². The zero-order valence-electron chi connectivity index (χ0n) is 23.6. The maximum atomic E-state index is 13.8. The molecule has 7 fully saturated rings. The number of hydrogen-bond acceptors (Lipinski definition) is 8. The van der Waals surface area contributed by atoms with Crippen LogP contribution in [0.15, 0.2) is 12.1 Å². The smallest absolute Gasteiger partial charge is 0.315 e. The summed E-state index contributed by atoms with van der Waals surface area (Å²) in [5, 5.41) is 10.8. The van der Waals surface area contributed by atoms with Gasteiger partial charge in [0, 0.05) is 34.8 Å². The minimum absolute atomic E-state index is 0.0212. The van der Waals surface area contributed by atoms with Gasteiger partial charge in [-0.2, -0.15) is 0 Å². The van der Waals surface area contributed by atoms with Crippen LogP contribution in [-0.2, 0) is 28.7 Å². The Labute approximate surface area is 234 Å². The van der Waals surface area contributed by atoms with Gasteiger partial charge in [-0.15, -0.1) is 0 Å². The quantitative estimate of drug-likeness (QED) is 0.402. The Morgan fingerprint density at radius 1 is 0.950 bits per heavy atom. The maximum absolute atomic E-state index is 13.8. The maximum Gasteiger partial charge on any atom is 0.315 e. The summed E-state index contributed by atoms with van der Waals surface area (Å²) in [6, 6.07) is 3.39. The molecule has 8 rings (SSSR count). The van der Waals surface area contributed by atoms with E-state index in [1.165, 1.54) is 0 Å². The standard InChI is InChI=1S/C32H38O8/c1-13(2)19-7-18(8-20(14(3)4)26(19)34)38-29(35)23-22-9-21-24(23)30(36)39-27(21)28(22)40-31(37)32-10-15-5-16(11-32)25(33)17(6-15)12-32/h7-8,13-17,21-24,27-28,34H,5-6,9-12H2,1-4H3. The molecule has 6 bridgehead atoms. The monoisotopic (exact) mass is 550 g/mol. The molecule has 1 aliphatic heterocycles. The molecule has 1 aromatic carbocycles. The molecule has 1 heterocycles. The van der Waals surface area contributed by atoms with Gasteiger partial charge < -0.3 is 19.3 Å². The summed E-state index contributed by atoms with van der Waals surface area (Å²) < 4.78 is 17.9. The lowest BCUT2D eigenvalue weighted by atomic mass is 9.49. The zero-order valence-corrected chi connectivity index (χ0v) is 23.6. The van der Waals surface area contributed by atoms with Crippen molar-refractivity contribution in [1.29, 1.82) is 0 Å². The summed E-state index contributed by atoms with van der Waals surface area (Å²) in [5.41, 5.74) is 0.753.